The molecule has 0 N–H and O–H groups in total. The Balaban J connectivity index is 2.26. The fraction of sp³-hybridized carbons (Fsp3) is 0.364. The molecule has 0 aliphatic heterocycles. The molecule has 0 heterocycles. The van der Waals surface area contributed by atoms with Crippen LogP contribution in [-0.4, -0.2) is 19.0 Å². The molecule has 0 unspecified atom stereocenters. The van der Waals surface area contributed by atoms with E-state index in [-0.39, 0.29) is 5.41 Å². The average Bonchev–Trinajstić information content (AvgIpc) is 2.58. The molecular formula is C22H26O4. The maximum atomic E-state index is 11.8. The Hall–Kier alpha value is -2.62. The maximum Gasteiger partial charge on any atom is 0.322 e. The second kappa shape index (κ2) is 7.73. The number of carbonyl (C=O) groups is 2. The molecule has 0 fully saturated rings. The lowest BCUT2D eigenvalue weighted by Gasteiger charge is -2.27. The second-order valence-electron chi connectivity index (χ2n) is 7.13. The van der Waals surface area contributed by atoms with Crippen LogP contribution in [-0.2, 0) is 19.7 Å². The highest BCUT2D eigenvalue weighted by Gasteiger charge is 2.24. The summed E-state index contributed by atoms with van der Waals surface area (Å²) < 4.78 is 9.77. The molecule has 138 valence electrons. The van der Waals surface area contributed by atoms with E-state index in [0.29, 0.717) is 5.75 Å². The van der Waals surface area contributed by atoms with Crippen LogP contribution < -0.4 is 4.74 Å². The summed E-state index contributed by atoms with van der Waals surface area (Å²) >= 11 is 0. The molecule has 0 aromatic heterocycles. The van der Waals surface area contributed by atoms with Crippen LogP contribution in [0.1, 0.15) is 48.1 Å². The van der Waals surface area contributed by atoms with Crippen molar-refractivity contribution < 1.29 is 19.1 Å². The average molecular weight is 354 g/mol. The third kappa shape index (κ3) is 4.31. The molecule has 0 radical (unpaired) electrons. The Labute approximate surface area is 155 Å². The highest BCUT2D eigenvalue weighted by atomic mass is 16.5. The number of methoxy groups -OCH3 is 1. The first kappa shape index (κ1) is 19.7. The summed E-state index contributed by atoms with van der Waals surface area (Å²) in [4.78, 5) is 23.0. The molecule has 0 atom stereocenters. The third-order valence-corrected chi connectivity index (χ3v) is 4.87. The van der Waals surface area contributed by atoms with Gasteiger partial charge >= 0.3 is 11.9 Å². The molecule has 4 heteroatoms. The fourth-order valence-corrected chi connectivity index (χ4v) is 2.80. The van der Waals surface area contributed by atoms with Gasteiger partial charge in [0.2, 0.25) is 0 Å². The van der Waals surface area contributed by atoms with Crippen molar-refractivity contribution in [2.75, 3.05) is 7.11 Å². The van der Waals surface area contributed by atoms with Crippen molar-refractivity contribution in [2.45, 2.75) is 46.5 Å². The first-order valence-electron chi connectivity index (χ1n) is 8.61. The number of carbonyl (C=O) groups excluding carboxylic acids is 2. The molecule has 0 saturated heterocycles. The van der Waals surface area contributed by atoms with Crippen LogP contribution in [0.2, 0.25) is 0 Å². The molecule has 0 bridgehead atoms. The molecule has 0 aliphatic rings. The molecule has 0 saturated carbocycles. The van der Waals surface area contributed by atoms with E-state index in [1.807, 2.05) is 19.1 Å². The Morgan fingerprint density at radius 3 is 1.96 bits per heavy atom. The van der Waals surface area contributed by atoms with Crippen LogP contribution in [0, 0.1) is 20.8 Å². The quantitative estimate of drug-likeness (QED) is 0.453. The van der Waals surface area contributed by atoms with Gasteiger partial charge in [-0.2, -0.15) is 0 Å². The smallest absolute Gasteiger partial charge is 0.322 e. The molecule has 26 heavy (non-hydrogen) atoms. The predicted molar refractivity (Wildman–Crippen MR) is 101 cm³/mol. The Kier molecular flexibility index (Phi) is 5.86. The Bertz CT molecular complexity index is 834. The highest BCUT2D eigenvalue weighted by Crippen LogP contribution is 2.34. The van der Waals surface area contributed by atoms with Gasteiger partial charge in [-0.15, -0.1) is 0 Å². The van der Waals surface area contributed by atoms with Crippen LogP contribution in [0.4, 0.5) is 0 Å². The lowest BCUT2D eigenvalue weighted by molar-refractivity contribution is -0.148. The van der Waals surface area contributed by atoms with Gasteiger partial charge in [-0.25, -0.2) is 0 Å². The van der Waals surface area contributed by atoms with E-state index < -0.39 is 18.4 Å². The van der Waals surface area contributed by atoms with Gasteiger partial charge in [0.15, 0.2) is 0 Å². The second-order valence-corrected chi connectivity index (χ2v) is 7.13. The number of rotatable bonds is 5. The molecule has 2 aromatic carbocycles. The zero-order chi connectivity index (χ0) is 19.5. The van der Waals surface area contributed by atoms with Crippen molar-refractivity contribution in [3.05, 3.63) is 64.2 Å². The standard InChI is InChI=1S/C22H26O4/c1-14-7-8-17(11-15(14)2)22(4,5)18-9-10-19(16(3)12-18)26-21(24)13-20(23)25-6/h7-12H,13H2,1-6H3. The Morgan fingerprint density at radius 2 is 1.42 bits per heavy atom. The Morgan fingerprint density at radius 1 is 0.846 bits per heavy atom. The van der Waals surface area contributed by atoms with E-state index in [2.05, 4.69) is 50.6 Å². The molecule has 0 aliphatic carbocycles. The van der Waals surface area contributed by atoms with Gasteiger partial charge < -0.3 is 9.47 Å². The zero-order valence-electron chi connectivity index (χ0n) is 16.3. The lowest BCUT2D eigenvalue weighted by atomic mass is 9.77. The SMILES string of the molecule is COC(=O)CC(=O)Oc1ccc(C(C)(C)c2ccc(C)c(C)c2)cc1C. The molecule has 0 amide bonds. The number of aryl methyl sites for hydroxylation is 3. The zero-order valence-corrected chi connectivity index (χ0v) is 16.3. The molecule has 0 spiro atoms. The topological polar surface area (TPSA) is 52.6 Å². The first-order valence-corrected chi connectivity index (χ1v) is 8.61. The van der Waals surface area contributed by atoms with E-state index in [1.165, 1.54) is 23.8 Å². The minimum absolute atomic E-state index is 0.183. The molecular weight excluding hydrogens is 328 g/mol. The van der Waals surface area contributed by atoms with Crippen LogP contribution in [0.5, 0.6) is 5.75 Å². The minimum Gasteiger partial charge on any atom is -0.469 e. The first-order chi connectivity index (χ1) is 12.1. The number of ether oxygens (including phenoxy) is 2. The largest absolute Gasteiger partial charge is 0.469 e. The van der Waals surface area contributed by atoms with Crippen LogP contribution >= 0.6 is 0 Å². The van der Waals surface area contributed by atoms with E-state index in [9.17, 15) is 9.59 Å². The minimum atomic E-state index is -0.624. The summed E-state index contributed by atoms with van der Waals surface area (Å²) in [6, 6.07) is 12.3. The summed E-state index contributed by atoms with van der Waals surface area (Å²) in [7, 11) is 1.24. The van der Waals surface area contributed by atoms with E-state index in [1.54, 1.807) is 6.07 Å². The van der Waals surface area contributed by atoms with Gasteiger partial charge in [-0.05, 0) is 54.7 Å². The fourth-order valence-electron chi connectivity index (χ4n) is 2.80. The summed E-state index contributed by atoms with van der Waals surface area (Å²) in [6.45, 7) is 10.5. The van der Waals surface area contributed by atoms with Crippen molar-refractivity contribution in [1.82, 2.24) is 0 Å². The molecule has 2 aromatic rings. The van der Waals surface area contributed by atoms with Crippen molar-refractivity contribution in [1.29, 1.82) is 0 Å². The van der Waals surface area contributed by atoms with Crippen LogP contribution in [0.3, 0.4) is 0 Å². The van der Waals surface area contributed by atoms with Gasteiger partial charge in [0.05, 0.1) is 7.11 Å². The summed E-state index contributed by atoms with van der Waals surface area (Å²) in [5, 5.41) is 0. The number of hydrogen-bond acceptors (Lipinski definition) is 4. The number of esters is 2. The van der Waals surface area contributed by atoms with Gasteiger partial charge in [-0.1, -0.05) is 44.2 Å². The van der Waals surface area contributed by atoms with Crippen molar-refractivity contribution >= 4 is 11.9 Å². The third-order valence-electron chi connectivity index (χ3n) is 4.87. The molecule has 4 nitrogen and oxygen atoms in total. The van der Waals surface area contributed by atoms with E-state index >= 15 is 0 Å². The van der Waals surface area contributed by atoms with Crippen LogP contribution in [0.15, 0.2) is 36.4 Å². The van der Waals surface area contributed by atoms with Crippen molar-refractivity contribution in [3.63, 3.8) is 0 Å². The van der Waals surface area contributed by atoms with Gasteiger partial charge in [0, 0.05) is 5.41 Å². The summed E-state index contributed by atoms with van der Waals surface area (Å²) in [5.74, 6) is -0.778. The monoisotopic (exact) mass is 354 g/mol. The van der Waals surface area contributed by atoms with Gasteiger partial charge in [-0.3, -0.25) is 9.59 Å². The van der Waals surface area contributed by atoms with Crippen molar-refractivity contribution in [3.8, 4) is 5.75 Å². The molecule has 2 rings (SSSR count). The number of benzene rings is 2. The van der Waals surface area contributed by atoms with Crippen molar-refractivity contribution in [2.24, 2.45) is 0 Å². The highest BCUT2D eigenvalue weighted by molar-refractivity contribution is 5.92. The van der Waals surface area contributed by atoms with Crippen LogP contribution in [0.25, 0.3) is 0 Å². The van der Waals surface area contributed by atoms with Gasteiger partial charge in [0.25, 0.3) is 0 Å². The normalized spacial score (nSPS) is 11.2. The van der Waals surface area contributed by atoms with E-state index in [4.69, 9.17) is 4.74 Å². The number of hydrogen-bond donors (Lipinski definition) is 0. The summed E-state index contributed by atoms with van der Waals surface area (Å²) in [6.07, 6.45) is -0.397. The maximum absolute atomic E-state index is 11.8. The predicted octanol–water partition coefficient (Wildman–Crippen LogP) is 4.41. The van der Waals surface area contributed by atoms with E-state index in [0.717, 1.165) is 11.1 Å². The van der Waals surface area contributed by atoms with Gasteiger partial charge in [0.1, 0.15) is 12.2 Å². The lowest BCUT2D eigenvalue weighted by Crippen LogP contribution is -2.20. The summed E-state index contributed by atoms with van der Waals surface area (Å²) in [5.41, 5.74) is 5.56.